The van der Waals surface area contributed by atoms with Gasteiger partial charge in [-0.2, -0.15) is 0 Å². The van der Waals surface area contributed by atoms with E-state index in [-0.39, 0.29) is 5.91 Å². The number of benzene rings is 1. The van der Waals surface area contributed by atoms with E-state index in [1.165, 1.54) is 35.1 Å². The van der Waals surface area contributed by atoms with Crippen LogP contribution in [0.5, 0.6) is 0 Å². The summed E-state index contributed by atoms with van der Waals surface area (Å²) in [6.45, 7) is 8.91. The Morgan fingerprint density at radius 2 is 1.83 bits per heavy atom. The molecule has 4 nitrogen and oxygen atoms in total. The predicted octanol–water partition coefficient (Wildman–Crippen LogP) is 3.42. The quantitative estimate of drug-likeness (QED) is 0.862. The fraction of sp³-hybridized carbons (Fsp3) is 0.550. The van der Waals surface area contributed by atoms with Gasteiger partial charge in [-0.1, -0.05) is 25.1 Å². The standard InChI is InChI=1S/C20H27N3O/c1-3-19(24)21-10-12-22(13-11-21)20-15(2)17-6-4-5-7-18(17)23(20)14-16-8-9-16/h4-7,16H,3,8-14H2,1-2H3. The SMILES string of the molecule is CCC(=O)N1CCN(c2c(C)c3ccccc3n2CC2CC2)CC1. The summed E-state index contributed by atoms with van der Waals surface area (Å²) in [4.78, 5) is 16.5. The first kappa shape index (κ1) is 15.6. The van der Waals surface area contributed by atoms with Gasteiger partial charge in [0, 0.05) is 50.0 Å². The Kier molecular flexibility index (Phi) is 3.99. The van der Waals surface area contributed by atoms with Gasteiger partial charge >= 0.3 is 0 Å². The highest BCUT2D eigenvalue weighted by Crippen LogP contribution is 2.38. The molecular formula is C20H27N3O. The van der Waals surface area contributed by atoms with Crippen LogP contribution in [-0.2, 0) is 11.3 Å². The number of aromatic nitrogens is 1. The van der Waals surface area contributed by atoms with Crippen molar-refractivity contribution in [2.24, 2.45) is 5.92 Å². The normalized spacial score (nSPS) is 18.4. The topological polar surface area (TPSA) is 28.5 Å². The lowest BCUT2D eigenvalue weighted by Crippen LogP contribution is -2.49. The summed E-state index contributed by atoms with van der Waals surface area (Å²) < 4.78 is 2.54. The number of hydrogen-bond acceptors (Lipinski definition) is 2. The van der Waals surface area contributed by atoms with Gasteiger partial charge in [0.25, 0.3) is 0 Å². The van der Waals surface area contributed by atoms with Crippen LogP contribution in [0.4, 0.5) is 5.82 Å². The smallest absolute Gasteiger partial charge is 0.222 e. The summed E-state index contributed by atoms with van der Waals surface area (Å²) in [6, 6.07) is 8.78. The molecule has 0 bridgehead atoms. The summed E-state index contributed by atoms with van der Waals surface area (Å²) in [5.41, 5.74) is 2.76. The van der Waals surface area contributed by atoms with Crippen molar-refractivity contribution >= 4 is 22.6 Å². The number of carbonyl (C=O) groups excluding carboxylic acids is 1. The van der Waals surface area contributed by atoms with Crippen molar-refractivity contribution < 1.29 is 4.79 Å². The van der Waals surface area contributed by atoms with Crippen LogP contribution >= 0.6 is 0 Å². The molecule has 2 fully saturated rings. The van der Waals surface area contributed by atoms with E-state index in [1.54, 1.807) is 0 Å². The van der Waals surface area contributed by atoms with E-state index in [0.717, 1.165) is 38.6 Å². The molecule has 1 saturated carbocycles. The molecule has 4 heteroatoms. The van der Waals surface area contributed by atoms with Crippen molar-refractivity contribution in [1.82, 2.24) is 9.47 Å². The number of fused-ring (bicyclic) bond motifs is 1. The number of carbonyl (C=O) groups is 1. The largest absolute Gasteiger partial charge is 0.354 e. The summed E-state index contributed by atoms with van der Waals surface area (Å²) in [7, 11) is 0. The molecule has 0 unspecified atom stereocenters. The first-order valence-electron chi connectivity index (χ1n) is 9.29. The van der Waals surface area contributed by atoms with Crippen LogP contribution in [0.3, 0.4) is 0 Å². The molecule has 2 aromatic rings. The molecular weight excluding hydrogens is 298 g/mol. The third kappa shape index (κ3) is 2.68. The van der Waals surface area contributed by atoms with Crippen LogP contribution in [0.15, 0.2) is 24.3 Å². The molecule has 0 N–H and O–H groups in total. The molecule has 0 spiro atoms. The number of para-hydroxylation sites is 1. The summed E-state index contributed by atoms with van der Waals surface area (Å²) in [5, 5.41) is 1.38. The highest BCUT2D eigenvalue weighted by molar-refractivity contribution is 5.90. The van der Waals surface area contributed by atoms with Gasteiger partial charge in [0.1, 0.15) is 5.82 Å². The van der Waals surface area contributed by atoms with Gasteiger partial charge in [0.2, 0.25) is 5.91 Å². The van der Waals surface area contributed by atoms with Crippen molar-refractivity contribution in [2.45, 2.75) is 39.7 Å². The summed E-state index contributed by atoms with van der Waals surface area (Å²) in [6.07, 6.45) is 3.34. The molecule has 1 saturated heterocycles. The molecule has 1 aromatic carbocycles. The lowest BCUT2D eigenvalue weighted by Gasteiger charge is -2.37. The zero-order chi connectivity index (χ0) is 16.7. The molecule has 24 heavy (non-hydrogen) atoms. The second-order valence-corrected chi connectivity index (χ2v) is 7.24. The van der Waals surface area contributed by atoms with Crippen molar-refractivity contribution in [3.63, 3.8) is 0 Å². The van der Waals surface area contributed by atoms with Gasteiger partial charge in [0.15, 0.2) is 0 Å². The molecule has 1 amide bonds. The second-order valence-electron chi connectivity index (χ2n) is 7.24. The Morgan fingerprint density at radius 1 is 1.12 bits per heavy atom. The molecule has 0 radical (unpaired) electrons. The van der Waals surface area contributed by atoms with E-state index in [4.69, 9.17) is 0 Å². The van der Waals surface area contributed by atoms with Gasteiger partial charge in [-0.05, 0) is 37.3 Å². The molecule has 128 valence electrons. The Balaban J connectivity index is 1.66. The number of aryl methyl sites for hydroxylation is 1. The monoisotopic (exact) mass is 325 g/mol. The minimum absolute atomic E-state index is 0.282. The van der Waals surface area contributed by atoms with Crippen molar-refractivity contribution in [3.8, 4) is 0 Å². The zero-order valence-corrected chi connectivity index (χ0v) is 14.8. The van der Waals surface area contributed by atoms with Crippen LogP contribution in [0.25, 0.3) is 10.9 Å². The zero-order valence-electron chi connectivity index (χ0n) is 14.8. The average molecular weight is 325 g/mol. The minimum Gasteiger partial charge on any atom is -0.354 e. The predicted molar refractivity (Wildman–Crippen MR) is 98.5 cm³/mol. The first-order chi connectivity index (χ1) is 11.7. The number of hydrogen-bond donors (Lipinski definition) is 0. The molecule has 4 rings (SSSR count). The van der Waals surface area contributed by atoms with Crippen molar-refractivity contribution in [3.05, 3.63) is 29.8 Å². The fourth-order valence-corrected chi connectivity index (χ4v) is 4.01. The van der Waals surface area contributed by atoms with E-state index in [1.807, 2.05) is 11.8 Å². The molecule has 1 aliphatic heterocycles. The number of anilines is 1. The molecule has 0 atom stereocenters. The van der Waals surface area contributed by atoms with E-state index < -0.39 is 0 Å². The Hall–Kier alpha value is -1.97. The summed E-state index contributed by atoms with van der Waals surface area (Å²) in [5.74, 6) is 2.51. The highest BCUT2D eigenvalue weighted by atomic mass is 16.2. The first-order valence-corrected chi connectivity index (χ1v) is 9.29. The lowest BCUT2D eigenvalue weighted by atomic mass is 10.2. The maximum absolute atomic E-state index is 11.9. The molecule has 1 aromatic heterocycles. The highest BCUT2D eigenvalue weighted by Gasteiger charge is 2.28. The fourth-order valence-electron chi connectivity index (χ4n) is 4.01. The van der Waals surface area contributed by atoms with Crippen LogP contribution < -0.4 is 4.90 Å². The van der Waals surface area contributed by atoms with Crippen molar-refractivity contribution in [2.75, 3.05) is 31.1 Å². The van der Waals surface area contributed by atoms with Crippen LogP contribution in [0, 0.1) is 12.8 Å². The van der Waals surface area contributed by atoms with Gasteiger partial charge in [0.05, 0.1) is 0 Å². The van der Waals surface area contributed by atoms with Gasteiger partial charge in [-0.3, -0.25) is 4.79 Å². The van der Waals surface area contributed by atoms with E-state index >= 15 is 0 Å². The van der Waals surface area contributed by atoms with Crippen LogP contribution in [0.2, 0.25) is 0 Å². The van der Waals surface area contributed by atoms with E-state index in [0.29, 0.717) is 6.42 Å². The molecule has 2 heterocycles. The molecule has 2 aliphatic rings. The molecule has 1 aliphatic carbocycles. The van der Waals surface area contributed by atoms with Crippen LogP contribution in [-0.4, -0.2) is 41.6 Å². The van der Waals surface area contributed by atoms with Gasteiger partial charge in [-0.25, -0.2) is 0 Å². The number of piperazine rings is 1. The Labute approximate surface area is 144 Å². The maximum atomic E-state index is 11.9. The minimum atomic E-state index is 0.282. The van der Waals surface area contributed by atoms with Gasteiger partial charge < -0.3 is 14.4 Å². The van der Waals surface area contributed by atoms with Crippen molar-refractivity contribution in [1.29, 1.82) is 0 Å². The number of rotatable bonds is 4. The van der Waals surface area contributed by atoms with Crippen LogP contribution in [0.1, 0.15) is 31.7 Å². The van der Waals surface area contributed by atoms with E-state index in [2.05, 4.69) is 40.7 Å². The third-order valence-electron chi connectivity index (χ3n) is 5.56. The Bertz CT molecular complexity index is 752. The number of amides is 1. The average Bonchev–Trinajstić information content (AvgIpc) is 3.40. The van der Waals surface area contributed by atoms with Gasteiger partial charge in [-0.15, -0.1) is 0 Å². The Morgan fingerprint density at radius 3 is 2.50 bits per heavy atom. The lowest BCUT2D eigenvalue weighted by molar-refractivity contribution is -0.131. The third-order valence-corrected chi connectivity index (χ3v) is 5.56. The number of nitrogens with zero attached hydrogens (tertiary/aromatic N) is 3. The maximum Gasteiger partial charge on any atom is 0.222 e. The van der Waals surface area contributed by atoms with E-state index in [9.17, 15) is 4.79 Å². The second kappa shape index (κ2) is 6.15. The summed E-state index contributed by atoms with van der Waals surface area (Å²) >= 11 is 0.